The molecule has 0 spiro atoms. The van der Waals surface area contributed by atoms with Crippen LogP contribution in [-0.4, -0.2) is 15.8 Å². The van der Waals surface area contributed by atoms with Crippen molar-refractivity contribution in [3.8, 4) is 18.1 Å². The Hall–Kier alpha value is -1.72. The highest BCUT2D eigenvalue weighted by molar-refractivity contribution is 5.49. The van der Waals surface area contributed by atoms with Crippen LogP contribution in [0.5, 0.6) is 5.75 Å². The Labute approximate surface area is 151 Å². The van der Waals surface area contributed by atoms with Gasteiger partial charge in [-0.1, -0.05) is 25.0 Å². The fourth-order valence-electron chi connectivity index (χ4n) is 6.35. The van der Waals surface area contributed by atoms with Crippen LogP contribution in [0.4, 0.5) is 0 Å². The van der Waals surface area contributed by atoms with Crippen LogP contribution >= 0.6 is 0 Å². The first-order chi connectivity index (χ1) is 11.9. The standard InChI is InChI=1S/C23H28O2/c1-4-6-19-16-7-8-18-17(15(16)9-10-21(19)24)11-13-22(3)20(18)12-14-23(22,25)5-2/h2,4,9-10,17-18,20,24-25H,1,6-8,11-14H2,3H3/t17-,18-,20+,22+,23+/m1/s1. The lowest BCUT2D eigenvalue weighted by molar-refractivity contribution is -0.0647. The number of aliphatic hydroxyl groups is 1. The SMILES string of the molecule is C#C[C@]1(O)CC[C@H]2[C@@H]3CCc4c(ccc(O)c4CC=C)[C@H]3CC[C@@]21C. The van der Waals surface area contributed by atoms with Crippen LogP contribution in [0.1, 0.15) is 61.6 Å². The number of rotatable bonds is 2. The van der Waals surface area contributed by atoms with E-state index in [1.807, 2.05) is 12.1 Å². The van der Waals surface area contributed by atoms with Gasteiger partial charge in [0.1, 0.15) is 11.4 Å². The summed E-state index contributed by atoms with van der Waals surface area (Å²) in [7, 11) is 0. The van der Waals surface area contributed by atoms with Gasteiger partial charge in [-0.2, -0.15) is 0 Å². The Morgan fingerprint density at radius 3 is 2.84 bits per heavy atom. The van der Waals surface area contributed by atoms with E-state index in [-0.39, 0.29) is 5.41 Å². The molecule has 0 radical (unpaired) electrons. The molecule has 0 unspecified atom stereocenters. The molecule has 5 atom stereocenters. The second-order valence-electron chi connectivity index (χ2n) is 8.54. The zero-order valence-electron chi connectivity index (χ0n) is 15.1. The number of terminal acetylenes is 1. The summed E-state index contributed by atoms with van der Waals surface area (Å²) in [6, 6.07) is 4.00. The molecule has 1 aromatic carbocycles. The van der Waals surface area contributed by atoms with Gasteiger partial charge in [0.15, 0.2) is 0 Å². The summed E-state index contributed by atoms with van der Waals surface area (Å²) in [5.74, 6) is 4.77. The Bertz CT molecular complexity index is 758. The average Bonchev–Trinajstić information content (AvgIpc) is 2.89. The average molecular weight is 336 g/mol. The molecule has 1 aromatic rings. The van der Waals surface area contributed by atoms with Gasteiger partial charge in [0.05, 0.1) is 0 Å². The molecule has 2 nitrogen and oxygen atoms in total. The minimum atomic E-state index is -0.939. The van der Waals surface area contributed by atoms with E-state index >= 15 is 0 Å². The van der Waals surface area contributed by atoms with Crippen LogP contribution in [-0.2, 0) is 12.8 Å². The molecule has 25 heavy (non-hydrogen) atoms. The van der Waals surface area contributed by atoms with Gasteiger partial charge < -0.3 is 10.2 Å². The molecule has 0 saturated heterocycles. The van der Waals surface area contributed by atoms with Crippen LogP contribution in [0.3, 0.4) is 0 Å². The Kier molecular flexibility index (Phi) is 3.78. The summed E-state index contributed by atoms with van der Waals surface area (Å²) in [5, 5.41) is 21.3. The largest absolute Gasteiger partial charge is 0.508 e. The van der Waals surface area contributed by atoms with Crippen molar-refractivity contribution < 1.29 is 10.2 Å². The van der Waals surface area contributed by atoms with Gasteiger partial charge in [-0.3, -0.25) is 0 Å². The van der Waals surface area contributed by atoms with Gasteiger partial charge in [0.25, 0.3) is 0 Å². The topological polar surface area (TPSA) is 40.5 Å². The third-order valence-electron chi connectivity index (χ3n) is 7.75. The predicted octanol–water partition coefficient (Wildman–Crippen LogP) is 4.34. The second kappa shape index (κ2) is 5.64. The van der Waals surface area contributed by atoms with Crippen molar-refractivity contribution >= 4 is 0 Å². The van der Waals surface area contributed by atoms with E-state index in [0.717, 1.165) is 50.5 Å². The summed E-state index contributed by atoms with van der Waals surface area (Å²) >= 11 is 0. The number of fused-ring (bicyclic) bond motifs is 5. The summed E-state index contributed by atoms with van der Waals surface area (Å²) in [5.41, 5.74) is 2.73. The first kappa shape index (κ1) is 16.7. The molecule has 0 amide bonds. The third kappa shape index (κ3) is 2.15. The number of aromatic hydroxyl groups is 1. The lowest BCUT2D eigenvalue weighted by Gasteiger charge is -2.52. The number of hydrogen-bond donors (Lipinski definition) is 2. The highest BCUT2D eigenvalue weighted by atomic mass is 16.3. The van der Waals surface area contributed by atoms with Crippen molar-refractivity contribution in [1.29, 1.82) is 0 Å². The molecular weight excluding hydrogens is 308 g/mol. The number of phenolic OH excluding ortho intramolecular Hbond substituents is 1. The number of benzene rings is 1. The van der Waals surface area contributed by atoms with Crippen molar-refractivity contribution in [3.05, 3.63) is 41.5 Å². The van der Waals surface area contributed by atoms with Crippen LogP contribution in [0.15, 0.2) is 24.8 Å². The Balaban J connectivity index is 1.73. The molecule has 0 bridgehead atoms. The highest BCUT2D eigenvalue weighted by Crippen LogP contribution is 2.64. The number of hydrogen-bond acceptors (Lipinski definition) is 2. The fourth-order valence-corrected chi connectivity index (χ4v) is 6.35. The molecule has 4 rings (SSSR count). The van der Waals surface area contributed by atoms with E-state index in [1.165, 1.54) is 11.1 Å². The predicted molar refractivity (Wildman–Crippen MR) is 100 cm³/mol. The molecule has 132 valence electrons. The molecule has 0 heterocycles. The molecule has 2 N–H and O–H groups in total. The van der Waals surface area contributed by atoms with E-state index in [0.29, 0.717) is 23.5 Å². The highest BCUT2D eigenvalue weighted by Gasteiger charge is 2.61. The van der Waals surface area contributed by atoms with Crippen molar-refractivity contribution in [2.75, 3.05) is 0 Å². The van der Waals surface area contributed by atoms with E-state index in [2.05, 4.69) is 25.5 Å². The van der Waals surface area contributed by atoms with Gasteiger partial charge in [-0.05, 0) is 79.9 Å². The molecule has 0 aromatic heterocycles. The summed E-state index contributed by atoms with van der Waals surface area (Å²) < 4.78 is 0. The van der Waals surface area contributed by atoms with Crippen LogP contribution < -0.4 is 0 Å². The Morgan fingerprint density at radius 2 is 2.12 bits per heavy atom. The third-order valence-corrected chi connectivity index (χ3v) is 7.75. The van der Waals surface area contributed by atoms with Gasteiger partial charge in [0, 0.05) is 11.0 Å². The molecular formula is C23H28O2. The minimum Gasteiger partial charge on any atom is -0.508 e. The zero-order chi connectivity index (χ0) is 17.8. The van der Waals surface area contributed by atoms with Crippen molar-refractivity contribution in [2.45, 2.75) is 63.4 Å². The molecule has 3 aliphatic rings. The molecule has 2 saturated carbocycles. The summed E-state index contributed by atoms with van der Waals surface area (Å²) in [4.78, 5) is 0. The maximum atomic E-state index is 11.0. The first-order valence-corrected chi connectivity index (χ1v) is 9.60. The van der Waals surface area contributed by atoms with Gasteiger partial charge >= 0.3 is 0 Å². The van der Waals surface area contributed by atoms with E-state index < -0.39 is 5.60 Å². The van der Waals surface area contributed by atoms with E-state index in [9.17, 15) is 10.2 Å². The maximum absolute atomic E-state index is 11.0. The fraction of sp³-hybridized carbons (Fsp3) is 0.565. The molecule has 0 aliphatic heterocycles. The smallest absolute Gasteiger partial charge is 0.130 e. The summed E-state index contributed by atoms with van der Waals surface area (Å²) in [6.07, 6.45) is 14.3. The molecule has 3 aliphatic carbocycles. The van der Waals surface area contributed by atoms with Crippen molar-refractivity contribution in [2.24, 2.45) is 17.3 Å². The number of phenols is 1. The van der Waals surface area contributed by atoms with Crippen molar-refractivity contribution in [3.63, 3.8) is 0 Å². The number of allylic oxidation sites excluding steroid dienone is 1. The second-order valence-corrected chi connectivity index (χ2v) is 8.54. The van der Waals surface area contributed by atoms with E-state index in [4.69, 9.17) is 6.42 Å². The van der Waals surface area contributed by atoms with Crippen LogP contribution in [0.2, 0.25) is 0 Å². The lowest BCUT2D eigenvalue weighted by Crippen LogP contribution is -2.50. The van der Waals surface area contributed by atoms with Gasteiger partial charge in [-0.15, -0.1) is 13.0 Å². The quantitative estimate of drug-likeness (QED) is 0.623. The maximum Gasteiger partial charge on any atom is 0.130 e. The monoisotopic (exact) mass is 336 g/mol. The first-order valence-electron chi connectivity index (χ1n) is 9.60. The Morgan fingerprint density at radius 1 is 1.32 bits per heavy atom. The van der Waals surface area contributed by atoms with Crippen LogP contribution in [0.25, 0.3) is 0 Å². The van der Waals surface area contributed by atoms with E-state index in [1.54, 1.807) is 0 Å². The zero-order valence-corrected chi connectivity index (χ0v) is 15.1. The molecule has 2 fully saturated rings. The van der Waals surface area contributed by atoms with Crippen LogP contribution in [0, 0.1) is 29.6 Å². The minimum absolute atomic E-state index is 0.152. The molecule has 2 heteroatoms. The van der Waals surface area contributed by atoms with Gasteiger partial charge in [-0.25, -0.2) is 0 Å². The normalized spacial score (nSPS) is 39.0. The summed E-state index contributed by atoms with van der Waals surface area (Å²) in [6.45, 7) is 6.07. The lowest BCUT2D eigenvalue weighted by atomic mass is 9.53. The van der Waals surface area contributed by atoms with Gasteiger partial charge in [0.2, 0.25) is 0 Å². The van der Waals surface area contributed by atoms with Crippen molar-refractivity contribution in [1.82, 2.24) is 0 Å².